The molecule has 3 aromatic carbocycles. The molecule has 1 saturated carbocycles. The van der Waals surface area contributed by atoms with E-state index in [4.69, 9.17) is 0 Å². The molecule has 0 N–H and O–H groups in total. The van der Waals surface area contributed by atoms with Crippen LogP contribution in [0.2, 0.25) is 0 Å². The van der Waals surface area contributed by atoms with E-state index in [2.05, 4.69) is 117 Å². The Kier molecular flexibility index (Phi) is 8.97. The summed E-state index contributed by atoms with van der Waals surface area (Å²) < 4.78 is 0. The van der Waals surface area contributed by atoms with Gasteiger partial charge in [-0.05, 0) is 97.4 Å². The molecule has 0 spiro atoms. The van der Waals surface area contributed by atoms with Gasteiger partial charge >= 0.3 is 0 Å². The molecule has 0 aromatic heterocycles. The van der Waals surface area contributed by atoms with Crippen LogP contribution in [0.3, 0.4) is 0 Å². The highest BCUT2D eigenvalue weighted by Gasteiger charge is 2.21. The van der Waals surface area contributed by atoms with Gasteiger partial charge in [-0.3, -0.25) is 0 Å². The quantitative estimate of drug-likeness (QED) is 0.226. The maximum absolute atomic E-state index is 2.36. The van der Waals surface area contributed by atoms with Crippen molar-refractivity contribution in [1.29, 1.82) is 0 Å². The fourth-order valence-corrected chi connectivity index (χ4v) is 5.37. The lowest BCUT2D eigenvalue weighted by molar-refractivity contribution is 0.312. The van der Waals surface area contributed by atoms with E-state index in [9.17, 15) is 0 Å². The Morgan fingerprint density at radius 3 is 2.00 bits per heavy atom. The van der Waals surface area contributed by atoms with Gasteiger partial charge in [0.25, 0.3) is 0 Å². The molecule has 0 heteroatoms. The number of hydrogen-bond acceptors (Lipinski definition) is 0. The van der Waals surface area contributed by atoms with Crippen LogP contribution >= 0.6 is 0 Å². The minimum atomic E-state index is 0.536. The standard InChI is InChI=1S/C34H40/c1-3-4-6-9-28-18-22-33(23-19-28)34-24-20-30(21-25-34)13-12-29-14-16-31(17-15-29)26-27(2)32-10-7-5-8-11-32/h3-5,7-8,10-17,20-21,24-25,27-28,33H,6,9,18-19,22-23,26H2,1-2H3/b4-3+,13-12?/t27-,28?,33?/m1/s1. The molecule has 0 saturated heterocycles. The van der Waals surface area contributed by atoms with Gasteiger partial charge in [0, 0.05) is 0 Å². The molecule has 0 radical (unpaired) electrons. The number of rotatable bonds is 9. The molecule has 0 nitrogen and oxygen atoms in total. The summed E-state index contributed by atoms with van der Waals surface area (Å²) in [6.45, 7) is 4.43. The van der Waals surface area contributed by atoms with Crippen molar-refractivity contribution in [3.05, 3.63) is 119 Å². The Labute approximate surface area is 207 Å². The predicted octanol–water partition coefficient (Wildman–Crippen LogP) is 9.83. The Morgan fingerprint density at radius 2 is 1.38 bits per heavy atom. The Hall–Kier alpha value is -2.86. The second-order valence-corrected chi connectivity index (χ2v) is 10.1. The molecule has 0 unspecified atom stereocenters. The van der Waals surface area contributed by atoms with Crippen molar-refractivity contribution in [2.24, 2.45) is 5.92 Å². The maximum Gasteiger partial charge on any atom is -0.0150 e. The van der Waals surface area contributed by atoms with Gasteiger partial charge in [-0.25, -0.2) is 0 Å². The van der Waals surface area contributed by atoms with E-state index >= 15 is 0 Å². The van der Waals surface area contributed by atoms with Crippen LogP contribution in [-0.2, 0) is 6.42 Å². The van der Waals surface area contributed by atoms with Crippen LogP contribution in [-0.4, -0.2) is 0 Å². The molecule has 1 atom stereocenters. The highest BCUT2D eigenvalue weighted by molar-refractivity contribution is 5.69. The van der Waals surface area contributed by atoms with Crippen molar-refractivity contribution in [3.63, 3.8) is 0 Å². The van der Waals surface area contributed by atoms with Gasteiger partial charge in [0.1, 0.15) is 0 Å². The summed E-state index contributed by atoms with van der Waals surface area (Å²) in [5, 5.41) is 0. The Morgan fingerprint density at radius 1 is 0.765 bits per heavy atom. The first-order valence-corrected chi connectivity index (χ1v) is 13.2. The van der Waals surface area contributed by atoms with Crippen LogP contribution in [0.25, 0.3) is 12.2 Å². The fourth-order valence-electron chi connectivity index (χ4n) is 5.37. The van der Waals surface area contributed by atoms with Gasteiger partial charge in [0.05, 0.1) is 0 Å². The molecule has 1 aliphatic carbocycles. The van der Waals surface area contributed by atoms with Crippen molar-refractivity contribution in [3.8, 4) is 0 Å². The van der Waals surface area contributed by atoms with Crippen molar-refractivity contribution in [2.75, 3.05) is 0 Å². The zero-order valence-electron chi connectivity index (χ0n) is 21.0. The third-order valence-corrected chi connectivity index (χ3v) is 7.59. The third-order valence-electron chi connectivity index (χ3n) is 7.59. The molecule has 0 amide bonds. The van der Waals surface area contributed by atoms with E-state index in [0.29, 0.717) is 5.92 Å². The summed E-state index contributed by atoms with van der Waals surface area (Å²) in [5.74, 6) is 2.22. The molecule has 3 aromatic rings. The van der Waals surface area contributed by atoms with E-state index in [1.165, 1.54) is 66.3 Å². The van der Waals surface area contributed by atoms with Crippen molar-refractivity contribution in [2.45, 2.75) is 70.6 Å². The van der Waals surface area contributed by atoms with E-state index < -0.39 is 0 Å². The van der Waals surface area contributed by atoms with Crippen LogP contribution < -0.4 is 0 Å². The number of allylic oxidation sites excluding steroid dienone is 2. The largest absolute Gasteiger partial charge is 0.0917 e. The molecule has 0 aliphatic heterocycles. The Balaban J connectivity index is 1.27. The molecular weight excluding hydrogens is 408 g/mol. The van der Waals surface area contributed by atoms with Crippen LogP contribution in [0, 0.1) is 5.92 Å². The highest BCUT2D eigenvalue weighted by Crippen LogP contribution is 2.37. The maximum atomic E-state index is 2.36. The second kappa shape index (κ2) is 12.6. The lowest BCUT2D eigenvalue weighted by atomic mass is 9.77. The van der Waals surface area contributed by atoms with Crippen LogP contribution in [0.5, 0.6) is 0 Å². The number of benzene rings is 3. The highest BCUT2D eigenvalue weighted by atomic mass is 14.3. The average molecular weight is 449 g/mol. The van der Waals surface area contributed by atoms with Gasteiger partial charge in [0.2, 0.25) is 0 Å². The Bertz CT molecular complexity index is 1030. The molecule has 1 fully saturated rings. The summed E-state index contributed by atoms with van der Waals surface area (Å²) in [7, 11) is 0. The summed E-state index contributed by atoms with van der Waals surface area (Å²) in [4.78, 5) is 0. The summed E-state index contributed by atoms with van der Waals surface area (Å²) >= 11 is 0. The number of hydrogen-bond donors (Lipinski definition) is 0. The van der Waals surface area contributed by atoms with Crippen molar-refractivity contribution in [1.82, 2.24) is 0 Å². The van der Waals surface area contributed by atoms with E-state index in [-0.39, 0.29) is 0 Å². The smallest absolute Gasteiger partial charge is 0.0150 e. The minimum absolute atomic E-state index is 0.536. The molecular formula is C34H40. The minimum Gasteiger partial charge on any atom is -0.0917 e. The third kappa shape index (κ3) is 7.07. The first-order chi connectivity index (χ1) is 16.7. The molecule has 34 heavy (non-hydrogen) atoms. The van der Waals surface area contributed by atoms with Gasteiger partial charge < -0.3 is 0 Å². The summed E-state index contributed by atoms with van der Waals surface area (Å²) in [6.07, 6.45) is 18.2. The van der Waals surface area contributed by atoms with Crippen molar-refractivity contribution < 1.29 is 0 Å². The lowest BCUT2D eigenvalue weighted by Crippen LogP contribution is -2.13. The summed E-state index contributed by atoms with van der Waals surface area (Å²) in [5.41, 5.74) is 6.88. The monoisotopic (exact) mass is 448 g/mol. The average Bonchev–Trinajstić information content (AvgIpc) is 2.90. The second-order valence-electron chi connectivity index (χ2n) is 10.1. The van der Waals surface area contributed by atoms with Crippen molar-refractivity contribution >= 4 is 12.2 Å². The molecule has 4 rings (SSSR count). The SMILES string of the molecule is C/C=C/CCC1CCC(c2ccc(C=Cc3ccc(C[C@@H](C)c4ccccc4)cc3)cc2)CC1. The van der Waals surface area contributed by atoms with Gasteiger partial charge in [-0.2, -0.15) is 0 Å². The molecule has 0 heterocycles. The topological polar surface area (TPSA) is 0 Å². The predicted molar refractivity (Wildman–Crippen MR) is 149 cm³/mol. The zero-order chi connectivity index (χ0) is 23.6. The van der Waals surface area contributed by atoms with E-state index in [0.717, 1.165) is 18.3 Å². The van der Waals surface area contributed by atoms with Gasteiger partial charge in [-0.1, -0.05) is 110 Å². The lowest BCUT2D eigenvalue weighted by Gasteiger charge is -2.28. The fraction of sp³-hybridized carbons (Fsp3) is 0.353. The van der Waals surface area contributed by atoms with Crippen LogP contribution in [0.15, 0.2) is 91.0 Å². The molecule has 0 bridgehead atoms. The van der Waals surface area contributed by atoms with Crippen LogP contribution in [0.4, 0.5) is 0 Å². The van der Waals surface area contributed by atoms with Gasteiger partial charge in [-0.15, -0.1) is 0 Å². The van der Waals surface area contributed by atoms with E-state index in [1.54, 1.807) is 0 Å². The van der Waals surface area contributed by atoms with Gasteiger partial charge in [0.15, 0.2) is 0 Å². The van der Waals surface area contributed by atoms with E-state index in [1.807, 2.05) is 0 Å². The zero-order valence-corrected chi connectivity index (χ0v) is 21.0. The normalized spacial score (nSPS) is 19.6. The summed E-state index contributed by atoms with van der Waals surface area (Å²) in [6, 6.07) is 29.1. The first-order valence-electron chi connectivity index (χ1n) is 13.2. The molecule has 1 aliphatic rings. The van der Waals surface area contributed by atoms with Crippen LogP contribution in [0.1, 0.15) is 92.0 Å². The molecule has 176 valence electrons. The first kappa shape index (κ1) is 24.3.